The van der Waals surface area contributed by atoms with Crippen LogP contribution >= 0.6 is 0 Å². The molecule has 1 atom stereocenters. The second-order valence-electron chi connectivity index (χ2n) is 4.80. The Bertz CT molecular complexity index is 322. The van der Waals surface area contributed by atoms with Gasteiger partial charge in [-0.05, 0) is 26.2 Å². The Labute approximate surface area is 85.9 Å². The van der Waals surface area contributed by atoms with Gasteiger partial charge in [-0.25, -0.2) is 0 Å². The lowest BCUT2D eigenvalue weighted by molar-refractivity contribution is -0.119. The van der Waals surface area contributed by atoms with Crippen molar-refractivity contribution >= 4 is 5.78 Å². The Morgan fingerprint density at radius 3 is 2.86 bits per heavy atom. The van der Waals surface area contributed by atoms with Crippen molar-refractivity contribution in [1.29, 1.82) is 0 Å². The Morgan fingerprint density at radius 1 is 1.29 bits per heavy atom. The van der Waals surface area contributed by atoms with Gasteiger partial charge in [-0.2, -0.15) is 0 Å². The Hall–Kier alpha value is -0.850. The van der Waals surface area contributed by atoms with E-state index in [0.29, 0.717) is 5.78 Å². The fourth-order valence-electron chi connectivity index (χ4n) is 2.66. The fraction of sp³-hybridized carbons (Fsp3) is 0.615. The highest BCUT2D eigenvalue weighted by molar-refractivity contribution is 5.78. The van der Waals surface area contributed by atoms with E-state index in [0.717, 1.165) is 32.1 Å². The molecular formula is C13H18O. The minimum absolute atomic E-state index is 0.195. The van der Waals surface area contributed by atoms with Gasteiger partial charge in [0.1, 0.15) is 5.78 Å². The summed E-state index contributed by atoms with van der Waals surface area (Å²) in [6, 6.07) is 0. The van der Waals surface area contributed by atoms with Crippen molar-refractivity contribution in [3.63, 3.8) is 0 Å². The van der Waals surface area contributed by atoms with Crippen LogP contribution in [0.4, 0.5) is 0 Å². The zero-order chi connectivity index (χ0) is 10.2. The molecule has 2 rings (SSSR count). The smallest absolute Gasteiger partial charge is 0.132 e. The number of rotatable bonds is 0. The molecule has 0 saturated heterocycles. The zero-order valence-corrected chi connectivity index (χ0v) is 9.10. The molecule has 0 heterocycles. The lowest BCUT2D eigenvalue weighted by Gasteiger charge is -2.29. The van der Waals surface area contributed by atoms with E-state index in [1.54, 1.807) is 5.57 Å². The largest absolute Gasteiger partial charge is 0.300 e. The van der Waals surface area contributed by atoms with E-state index in [9.17, 15) is 4.79 Å². The van der Waals surface area contributed by atoms with Gasteiger partial charge in [0.2, 0.25) is 0 Å². The molecule has 76 valence electrons. The van der Waals surface area contributed by atoms with Crippen LogP contribution in [0.25, 0.3) is 0 Å². The molecule has 0 amide bonds. The maximum Gasteiger partial charge on any atom is 0.132 e. The first-order valence-corrected chi connectivity index (χ1v) is 5.53. The summed E-state index contributed by atoms with van der Waals surface area (Å²) in [5.41, 5.74) is 3.20. The second-order valence-corrected chi connectivity index (χ2v) is 4.80. The van der Waals surface area contributed by atoms with E-state index in [2.05, 4.69) is 26.0 Å². The summed E-state index contributed by atoms with van der Waals surface area (Å²) in [5.74, 6) is 0.447. The molecule has 0 bridgehead atoms. The van der Waals surface area contributed by atoms with E-state index in [-0.39, 0.29) is 5.41 Å². The monoisotopic (exact) mass is 190 g/mol. The zero-order valence-electron chi connectivity index (χ0n) is 9.10. The SMILES string of the molecule is CC1=C2CCCC(=O)CCC2(C)C=C1. The standard InChI is InChI=1S/C13H18O/c1-10-6-8-13(2)9-7-11(14)4-3-5-12(10)13/h6,8H,3-5,7,9H2,1-2H3. The van der Waals surface area contributed by atoms with E-state index in [1.165, 1.54) is 5.57 Å². The number of Topliss-reactive ketones (excluding diaryl/α,β-unsaturated/α-hetero) is 1. The van der Waals surface area contributed by atoms with Crippen LogP contribution in [-0.2, 0) is 4.79 Å². The predicted octanol–water partition coefficient (Wildman–Crippen LogP) is 3.41. The average Bonchev–Trinajstić information content (AvgIpc) is 2.40. The van der Waals surface area contributed by atoms with E-state index in [4.69, 9.17) is 0 Å². The number of hydrogen-bond acceptors (Lipinski definition) is 1. The molecular weight excluding hydrogens is 172 g/mol. The Balaban J connectivity index is 2.25. The van der Waals surface area contributed by atoms with Crippen molar-refractivity contribution in [3.05, 3.63) is 23.3 Å². The van der Waals surface area contributed by atoms with Crippen LogP contribution in [0.5, 0.6) is 0 Å². The lowest BCUT2D eigenvalue weighted by Crippen LogP contribution is -2.19. The van der Waals surface area contributed by atoms with Crippen molar-refractivity contribution in [2.75, 3.05) is 0 Å². The molecule has 1 saturated carbocycles. The minimum Gasteiger partial charge on any atom is -0.300 e. The van der Waals surface area contributed by atoms with Crippen LogP contribution in [0, 0.1) is 5.41 Å². The highest BCUT2D eigenvalue weighted by Crippen LogP contribution is 2.44. The average molecular weight is 190 g/mol. The Morgan fingerprint density at radius 2 is 2.07 bits per heavy atom. The van der Waals surface area contributed by atoms with Gasteiger partial charge in [-0.3, -0.25) is 4.79 Å². The van der Waals surface area contributed by atoms with Crippen LogP contribution in [0.15, 0.2) is 23.3 Å². The normalized spacial score (nSPS) is 32.9. The number of allylic oxidation sites excluding steroid dienone is 4. The van der Waals surface area contributed by atoms with E-state index < -0.39 is 0 Å². The highest BCUT2D eigenvalue weighted by Gasteiger charge is 2.32. The first kappa shape index (κ1) is 9.70. The van der Waals surface area contributed by atoms with Crippen LogP contribution in [0.2, 0.25) is 0 Å². The van der Waals surface area contributed by atoms with Crippen molar-refractivity contribution < 1.29 is 4.79 Å². The van der Waals surface area contributed by atoms with E-state index in [1.807, 2.05) is 0 Å². The number of carbonyl (C=O) groups excluding carboxylic acids is 1. The molecule has 0 aliphatic heterocycles. The van der Waals surface area contributed by atoms with Crippen molar-refractivity contribution in [1.82, 2.24) is 0 Å². The molecule has 1 nitrogen and oxygen atoms in total. The number of carbonyl (C=O) groups is 1. The third-order valence-corrected chi connectivity index (χ3v) is 3.67. The molecule has 2 aliphatic carbocycles. The molecule has 0 aromatic rings. The van der Waals surface area contributed by atoms with Gasteiger partial charge in [-0.1, -0.05) is 30.2 Å². The molecule has 1 heteroatoms. The van der Waals surface area contributed by atoms with Gasteiger partial charge >= 0.3 is 0 Å². The summed E-state index contributed by atoms with van der Waals surface area (Å²) in [6.45, 7) is 4.47. The van der Waals surface area contributed by atoms with Crippen LogP contribution < -0.4 is 0 Å². The quantitative estimate of drug-likeness (QED) is 0.572. The predicted molar refractivity (Wildman–Crippen MR) is 58.0 cm³/mol. The van der Waals surface area contributed by atoms with Gasteiger partial charge in [0.05, 0.1) is 0 Å². The molecule has 2 aliphatic rings. The molecule has 1 fully saturated rings. The van der Waals surface area contributed by atoms with Gasteiger partial charge < -0.3 is 0 Å². The minimum atomic E-state index is 0.195. The summed E-state index contributed by atoms with van der Waals surface area (Å²) < 4.78 is 0. The first-order chi connectivity index (χ1) is 6.62. The summed E-state index contributed by atoms with van der Waals surface area (Å²) in [5, 5.41) is 0. The second kappa shape index (κ2) is 3.38. The lowest BCUT2D eigenvalue weighted by atomic mass is 9.75. The number of hydrogen-bond donors (Lipinski definition) is 0. The van der Waals surface area contributed by atoms with Gasteiger partial charge in [-0.15, -0.1) is 0 Å². The van der Waals surface area contributed by atoms with Gasteiger partial charge in [0.15, 0.2) is 0 Å². The van der Waals surface area contributed by atoms with Crippen LogP contribution in [-0.4, -0.2) is 5.78 Å². The van der Waals surface area contributed by atoms with Crippen LogP contribution in [0.3, 0.4) is 0 Å². The molecule has 1 unspecified atom stereocenters. The summed E-state index contributed by atoms with van der Waals surface area (Å²) >= 11 is 0. The number of ketones is 1. The number of fused-ring (bicyclic) bond motifs is 1. The fourth-order valence-corrected chi connectivity index (χ4v) is 2.66. The highest BCUT2D eigenvalue weighted by atomic mass is 16.1. The molecule has 0 N–H and O–H groups in total. The summed E-state index contributed by atoms with van der Waals surface area (Å²) in [7, 11) is 0. The molecule has 0 aromatic carbocycles. The maximum absolute atomic E-state index is 11.4. The van der Waals surface area contributed by atoms with Crippen molar-refractivity contribution in [3.8, 4) is 0 Å². The van der Waals surface area contributed by atoms with Crippen LogP contribution in [0.1, 0.15) is 46.0 Å². The Kier molecular flexibility index (Phi) is 2.34. The third-order valence-electron chi connectivity index (χ3n) is 3.67. The first-order valence-electron chi connectivity index (χ1n) is 5.53. The van der Waals surface area contributed by atoms with Gasteiger partial charge in [0, 0.05) is 18.3 Å². The van der Waals surface area contributed by atoms with Crippen molar-refractivity contribution in [2.45, 2.75) is 46.0 Å². The van der Waals surface area contributed by atoms with Crippen molar-refractivity contribution in [2.24, 2.45) is 5.41 Å². The summed E-state index contributed by atoms with van der Waals surface area (Å²) in [4.78, 5) is 11.4. The molecule has 0 spiro atoms. The molecule has 0 aromatic heterocycles. The van der Waals surface area contributed by atoms with E-state index >= 15 is 0 Å². The molecule has 0 radical (unpaired) electrons. The third kappa shape index (κ3) is 1.56. The topological polar surface area (TPSA) is 17.1 Å². The maximum atomic E-state index is 11.4. The van der Waals surface area contributed by atoms with Gasteiger partial charge in [0.25, 0.3) is 0 Å². The molecule has 14 heavy (non-hydrogen) atoms. The summed E-state index contributed by atoms with van der Waals surface area (Å²) in [6.07, 6.45) is 9.23.